The van der Waals surface area contributed by atoms with Crippen molar-refractivity contribution in [3.63, 3.8) is 0 Å². The molecule has 0 amide bonds. The van der Waals surface area contributed by atoms with Crippen LogP contribution in [0.3, 0.4) is 0 Å². The van der Waals surface area contributed by atoms with Crippen LogP contribution in [0.2, 0.25) is 0 Å². The average molecular weight is 259 g/mol. The third kappa shape index (κ3) is 2.26. The third-order valence-corrected chi connectivity index (χ3v) is 2.78. The van der Waals surface area contributed by atoms with E-state index in [0.29, 0.717) is 16.6 Å². The Morgan fingerprint density at radius 3 is 2.71 bits per heavy atom. The number of benzene rings is 1. The number of phenols is 1. The van der Waals surface area contributed by atoms with Gasteiger partial charge in [0.1, 0.15) is 5.75 Å². The van der Waals surface area contributed by atoms with Crippen LogP contribution in [0.1, 0.15) is 22.8 Å². The molecule has 0 bridgehead atoms. The highest BCUT2D eigenvalue weighted by Crippen LogP contribution is 2.28. The number of halogens is 1. The van der Waals surface area contributed by atoms with Crippen LogP contribution in [0.25, 0.3) is 0 Å². The summed E-state index contributed by atoms with van der Waals surface area (Å²) >= 11 is 3.20. The minimum absolute atomic E-state index is 0.0491. The summed E-state index contributed by atoms with van der Waals surface area (Å²) in [5.74, 6) is -0.369. The Balaban J connectivity index is 3.06. The molecular weight excluding hydrogens is 248 g/mol. The predicted octanol–water partition coefficient (Wildman–Crippen LogP) is 2.64. The van der Waals surface area contributed by atoms with Crippen molar-refractivity contribution in [3.05, 3.63) is 27.7 Å². The number of esters is 1. The topological polar surface area (TPSA) is 46.5 Å². The van der Waals surface area contributed by atoms with Gasteiger partial charge in [0, 0.05) is 0 Å². The fourth-order valence-electron chi connectivity index (χ4n) is 1.08. The lowest BCUT2D eigenvalue weighted by atomic mass is 10.1. The van der Waals surface area contributed by atoms with Crippen molar-refractivity contribution in [2.45, 2.75) is 13.8 Å². The van der Waals surface area contributed by atoms with Crippen LogP contribution in [0.5, 0.6) is 5.75 Å². The van der Waals surface area contributed by atoms with Crippen molar-refractivity contribution in [2.24, 2.45) is 0 Å². The summed E-state index contributed by atoms with van der Waals surface area (Å²) in [7, 11) is 0. The monoisotopic (exact) mass is 258 g/mol. The fraction of sp³-hybridized carbons (Fsp3) is 0.300. The van der Waals surface area contributed by atoms with Gasteiger partial charge in [-0.3, -0.25) is 0 Å². The normalized spacial score (nSPS) is 9.93. The zero-order valence-electron chi connectivity index (χ0n) is 8.00. The van der Waals surface area contributed by atoms with Gasteiger partial charge in [-0.05, 0) is 47.5 Å². The van der Waals surface area contributed by atoms with Gasteiger partial charge in [0.05, 0.1) is 16.6 Å². The molecule has 76 valence electrons. The highest BCUT2D eigenvalue weighted by Gasteiger charge is 2.11. The Hall–Kier alpha value is -1.03. The summed E-state index contributed by atoms with van der Waals surface area (Å²) in [6.07, 6.45) is 0. The maximum absolute atomic E-state index is 11.3. The molecule has 0 fully saturated rings. The number of carbonyl (C=O) groups excluding carboxylic acids is 1. The lowest BCUT2D eigenvalue weighted by Gasteiger charge is -2.06. The van der Waals surface area contributed by atoms with Crippen molar-refractivity contribution in [2.75, 3.05) is 6.61 Å². The Kier molecular flexibility index (Phi) is 3.52. The number of aromatic hydroxyl groups is 1. The molecule has 0 radical (unpaired) electrons. The first-order valence-electron chi connectivity index (χ1n) is 4.22. The zero-order chi connectivity index (χ0) is 10.7. The first-order chi connectivity index (χ1) is 6.56. The van der Waals surface area contributed by atoms with E-state index in [1.165, 1.54) is 6.07 Å². The molecule has 0 heterocycles. The Morgan fingerprint density at radius 1 is 1.57 bits per heavy atom. The molecule has 0 unspecified atom stereocenters. The molecule has 0 aliphatic heterocycles. The van der Waals surface area contributed by atoms with Crippen LogP contribution in [0, 0.1) is 6.92 Å². The largest absolute Gasteiger partial charge is 0.507 e. The molecule has 1 rings (SSSR count). The second-order valence-electron chi connectivity index (χ2n) is 2.85. The van der Waals surface area contributed by atoms with Crippen LogP contribution in [0.4, 0.5) is 0 Å². The van der Waals surface area contributed by atoms with Crippen LogP contribution >= 0.6 is 15.9 Å². The Bertz CT molecular complexity index is 337. The van der Waals surface area contributed by atoms with E-state index in [1.807, 2.05) is 0 Å². The second kappa shape index (κ2) is 4.46. The van der Waals surface area contributed by atoms with Gasteiger partial charge < -0.3 is 9.84 Å². The van der Waals surface area contributed by atoms with E-state index in [2.05, 4.69) is 15.9 Å². The van der Waals surface area contributed by atoms with Crippen molar-refractivity contribution in [1.82, 2.24) is 0 Å². The number of hydrogen-bond acceptors (Lipinski definition) is 3. The van der Waals surface area contributed by atoms with Gasteiger partial charge in [0.25, 0.3) is 0 Å². The van der Waals surface area contributed by atoms with Crippen molar-refractivity contribution in [1.29, 1.82) is 0 Å². The van der Waals surface area contributed by atoms with Gasteiger partial charge in [-0.15, -0.1) is 0 Å². The lowest BCUT2D eigenvalue weighted by molar-refractivity contribution is 0.0526. The molecule has 1 aromatic rings. The minimum Gasteiger partial charge on any atom is -0.507 e. The van der Waals surface area contributed by atoms with Gasteiger partial charge >= 0.3 is 5.97 Å². The van der Waals surface area contributed by atoms with Gasteiger partial charge in [0.15, 0.2) is 0 Å². The average Bonchev–Trinajstić information content (AvgIpc) is 2.13. The maximum atomic E-state index is 11.3. The fourth-order valence-corrected chi connectivity index (χ4v) is 1.31. The first kappa shape index (κ1) is 11.0. The van der Waals surface area contributed by atoms with Crippen molar-refractivity contribution < 1.29 is 14.6 Å². The molecular formula is C10H11BrO3. The van der Waals surface area contributed by atoms with Gasteiger partial charge in [-0.2, -0.15) is 0 Å². The van der Waals surface area contributed by atoms with Crippen LogP contribution in [-0.4, -0.2) is 17.7 Å². The smallest absolute Gasteiger partial charge is 0.338 e. The second-order valence-corrected chi connectivity index (χ2v) is 3.64. The molecule has 4 heteroatoms. The first-order valence-corrected chi connectivity index (χ1v) is 5.01. The van der Waals surface area contributed by atoms with E-state index < -0.39 is 5.97 Å². The molecule has 1 aromatic carbocycles. The Labute approximate surface area is 90.8 Å². The van der Waals surface area contributed by atoms with Crippen LogP contribution < -0.4 is 0 Å². The summed E-state index contributed by atoms with van der Waals surface area (Å²) in [4.78, 5) is 11.3. The molecule has 1 N–H and O–H groups in total. The van der Waals surface area contributed by atoms with Gasteiger partial charge in [-0.1, -0.05) is 0 Å². The molecule has 14 heavy (non-hydrogen) atoms. The quantitative estimate of drug-likeness (QED) is 0.830. The van der Waals surface area contributed by atoms with E-state index in [0.717, 1.165) is 5.56 Å². The van der Waals surface area contributed by atoms with E-state index in [-0.39, 0.29) is 5.75 Å². The summed E-state index contributed by atoms with van der Waals surface area (Å²) in [5.41, 5.74) is 1.16. The lowest BCUT2D eigenvalue weighted by Crippen LogP contribution is -2.04. The minimum atomic E-state index is -0.418. The SMILES string of the molecule is CCOC(=O)c1cc(C)c(Br)c(O)c1. The van der Waals surface area contributed by atoms with Crippen molar-refractivity contribution in [3.8, 4) is 5.75 Å². The standard InChI is InChI=1S/C10H11BrO3/c1-3-14-10(13)7-4-6(2)9(11)8(12)5-7/h4-5,12H,3H2,1-2H3. The molecule has 0 aromatic heterocycles. The molecule has 0 spiro atoms. The molecule has 3 nitrogen and oxygen atoms in total. The number of rotatable bonds is 2. The highest BCUT2D eigenvalue weighted by atomic mass is 79.9. The van der Waals surface area contributed by atoms with Gasteiger partial charge in [0.2, 0.25) is 0 Å². The summed E-state index contributed by atoms with van der Waals surface area (Å²) in [6.45, 7) is 3.87. The van der Waals surface area contributed by atoms with E-state index in [4.69, 9.17) is 4.74 Å². The number of phenolic OH excluding ortho intramolecular Hbond substituents is 1. The van der Waals surface area contributed by atoms with E-state index >= 15 is 0 Å². The van der Waals surface area contributed by atoms with Gasteiger partial charge in [-0.25, -0.2) is 4.79 Å². The molecule has 0 saturated carbocycles. The van der Waals surface area contributed by atoms with Crippen LogP contribution in [-0.2, 0) is 4.74 Å². The number of carbonyl (C=O) groups is 1. The maximum Gasteiger partial charge on any atom is 0.338 e. The summed E-state index contributed by atoms with van der Waals surface area (Å²) < 4.78 is 5.41. The van der Waals surface area contributed by atoms with E-state index in [1.54, 1.807) is 19.9 Å². The molecule has 0 aliphatic rings. The number of aryl methyl sites for hydroxylation is 1. The van der Waals surface area contributed by atoms with Crippen LogP contribution in [0.15, 0.2) is 16.6 Å². The summed E-state index contributed by atoms with van der Waals surface area (Å²) in [5, 5.41) is 9.44. The third-order valence-electron chi connectivity index (χ3n) is 1.75. The van der Waals surface area contributed by atoms with Crippen molar-refractivity contribution >= 4 is 21.9 Å². The molecule has 0 saturated heterocycles. The highest BCUT2D eigenvalue weighted by molar-refractivity contribution is 9.10. The summed E-state index contributed by atoms with van der Waals surface area (Å²) in [6, 6.07) is 3.05. The zero-order valence-corrected chi connectivity index (χ0v) is 9.59. The predicted molar refractivity (Wildman–Crippen MR) is 56.5 cm³/mol. The molecule has 0 aliphatic carbocycles. The molecule has 0 atom stereocenters. The number of hydrogen-bond donors (Lipinski definition) is 1. The number of ether oxygens (including phenoxy) is 1. The van der Waals surface area contributed by atoms with E-state index in [9.17, 15) is 9.90 Å². The Morgan fingerprint density at radius 2 is 2.21 bits per heavy atom.